The second-order valence-electron chi connectivity index (χ2n) is 6.85. The summed E-state index contributed by atoms with van der Waals surface area (Å²) in [5.41, 5.74) is 1.60. The van der Waals surface area contributed by atoms with Crippen molar-refractivity contribution < 1.29 is 4.42 Å². The number of rotatable bonds is 2. The van der Waals surface area contributed by atoms with Crippen molar-refractivity contribution in [1.29, 1.82) is 0 Å². The number of fused-ring (bicyclic) bond motifs is 1. The summed E-state index contributed by atoms with van der Waals surface area (Å²) in [5.74, 6) is 1.66. The minimum atomic E-state index is -0.315. The summed E-state index contributed by atoms with van der Waals surface area (Å²) < 4.78 is 5.74. The van der Waals surface area contributed by atoms with Crippen molar-refractivity contribution in [2.45, 2.75) is 37.4 Å². The molecule has 0 bridgehead atoms. The summed E-state index contributed by atoms with van der Waals surface area (Å²) in [7, 11) is 0. The maximum absolute atomic E-state index is 12.3. The molecule has 3 nitrogen and oxygen atoms in total. The molecule has 1 aliphatic rings. The van der Waals surface area contributed by atoms with E-state index in [4.69, 9.17) is 9.40 Å². The number of para-hydroxylation sites is 1. The van der Waals surface area contributed by atoms with Crippen molar-refractivity contribution in [3.63, 3.8) is 0 Å². The minimum absolute atomic E-state index is 0.302. The molecule has 4 rings (SSSR count). The van der Waals surface area contributed by atoms with Crippen LogP contribution in [0.25, 0.3) is 22.2 Å². The van der Waals surface area contributed by atoms with E-state index in [1.165, 1.54) is 5.75 Å². The molecule has 1 fully saturated rings. The van der Waals surface area contributed by atoms with Crippen molar-refractivity contribution >= 4 is 34.1 Å². The van der Waals surface area contributed by atoms with Gasteiger partial charge in [-0.05, 0) is 30.7 Å². The number of benzene rings is 1. The Morgan fingerprint density at radius 2 is 2.12 bits per heavy atom. The fraction of sp³-hybridized carbons (Fsp3) is 0.368. The largest absolute Gasteiger partial charge is 0.422 e. The third kappa shape index (κ3) is 3.03. The highest BCUT2D eigenvalue weighted by Gasteiger charge is 2.31. The van der Waals surface area contributed by atoms with Crippen molar-refractivity contribution in [3.8, 4) is 11.3 Å². The Morgan fingerprint density at radius 3 is 2.96 bits per heavy atom. The first kappa shape index (κ1) is 15.9. The highest BCUT2D eigenvalue weighted by Crippen LogP contribution is 2.44. The van der Waals surface area contributed by atoms with Crippen LogP contribution in [0.3, 0.4) is 0 Å². The minimum Gasteiger partial charge on any atom is -0.422 e. The molecular formula is C19H19NO2S2. The Balaban J connectivity index is 1.70. The monoisotopic (exact) mass is 357 g/mol. The first-order valence-electron chi connectivity index (χ1n) is 8.14. The molecule has 24 heavy (non-hydrogen) atoms. The molecule has 0 saturated carbocycles. The van der Waals surface area contributed by atoms with Crippen molar-refractivity contribution in [2.24, 2.45) is 0 Å². The number of nitrogens with zero attached hydrogens (tertiary/aromatic N) is 1. The van der Waals surface area contributed by atoms with Crippen molar-refractivity contribution in [1.82, 2.24) is 4.98 Å². The Morgan fingerprint density at radius 1 is 1.29 bits per heavy atom. The van der Waals surface area contributed by atoms with Crippen molar-refractivity contribution in [3.05, 3.63) is 51.1 Å². The first-order chi connectivity index (χ1) is 11.5. The summed E-state index contributed by atoms with van der Waals surface area (Å²) in [4.78, 5) is 17.1. The lowest BCUT2D eigenvalue weighted by atomic mass is 9.94. The summed E-state index contributed by atoms with van der Waals surface area (Å²) >= 11 is 3.70. The molecule has 5 heteroatoms. The van der Waals surface area contributed by atoms with E-state index >= 15 is 0 Å². The van der Waals surface area contributed by atoms with Gasteiger partial charge in [0, 0.05) is 21.4 Å². The van der Waals surface area contributed by atoms with E-state index in [0.29, 0.717) is 21.8 Å². The fourth-order valence-electron chi connectivity index (χ4n) is 3.28. The van der Waals surface area contributed by atoms with Gasteiger partial charge in [-0.15, -0.1) is 11.3 Å². The van der Waals surface area contributed by atoms with Gasteiger partial charge in [-0.2, -0.15) is 11.8 Å². The molecule has 0 amide bonds. The zero-order chi connectivity index (χ0) is 16.7. The maximum Gasteiger partial charge on any atom is 0.345 e. The van der Waals surface area contributed by atoms with Gasteiger partial charge in [0.15, 0.2) is 0 Å². The average Bonchev–Trinajstić information content (AvgIpc) is 3.03. The van der Waals surface area contributed by atoms with Gasteiger partial charge in [-0.3, -0.25) is 0 Å². The van der Waals surface area contributed by atoms with Crippen LogP contribution in [-0.2, 0) is 0 Å². The van der Waals surface area contributed by atoms with E-state index in [2.05, 4.69) is 13.8 Å². The zero-order valence-electron chi connectivity index (χ0n) is 13.7. The molecular weight excluding hydrogens is 338 g/mol. The van der Waals surface area contributed by atoms with Crippen LogP contribution in [0.2, 0.25) is 0 Å². The summed E-state index contributed by atoms with van der Waals surface area (Å²) in [6, 6.07) is 9.47. The molecule has 2 aromatic heterocycles. The van der Waals surface area contributed by atoms with Crippen LogP contribution < -0.4 is 5.63 Å². The fourth-order valence-corrected chi connectivity index (χ4v) is 5.51. The third-order valence-corrected chi connectivity index (χ3v) is 6.88. The highest BCUT2D eigenvalue weighted by atomic mass is 32.2. The number of thiazole rings is 1. The SMILES string of the molecule is CC1(C)CC(c2nc(-c3cc4ccccc4oc3=O)cs2)CCS1. The number of hydrogen-bond acceptors (Lipinski definition) is 5. The molecule has 1 saturated heterocycles. The predicted octanol–water partition coefficient (Wildman–Crippen LogP) is 5.31. The first-order valence-corrected chi connectivity index (χ1v) is 10.0. The van der Waals surface area contributed by atoms with E-state index in [1.54, 1.807) is 11.3 Å². The molecule has 1 aliphatic heterocycles. The van der Waals surface area contributed by atoms with Gasteiger partial charge in [0.1, 0.15) is 5.58 Å². The molecule has 1 aromatic carbocycles. The van der Waals surface area contributed by atoms with Gasteiger partial charge in [-0.25, -0.2) is 9.78 Å². The van der Waals surface area contributed by atoms with Crippen molar-refractivity contribution in [2.75, 3.05) is 5.75 Å². The lowest BCUT2D eigenvalue weighted by Gasteiger charge is -2.33. The molecule has 3 heterocycles. The highest BCUT2D eigenvalue weighted by molar-refractivity contribution is 8.00. The third-order valence-electron chi connectivity index (χ3n) is 4.49. The maximum atomic E-state index is 12.3. The van der Waals surface area contributed by atoms with Crippen LogP contribution in [0.1, 0.15) is 37.6 Å². The quantitative estimate of drug-likeness (QED) is 0.583. The second kappa shape index (κ2) is 6.05. The lowest BCUT2D eigenvalue weighted by molar-refractivity contribution is 0.504. The molecule has 124 valence electrons. The van der Waals surface area contributed by atoms with Crippen LogP contribution in [0.5, 0.6) is 0 Å². The topological polar surface area (TPSA) is 43.1 Å². The molecule has 0 aliphatic carbocycles. The van der Waals surface area contributed by atoms with Crippen LogP contribution in [-0.4, -0.2) is 15.5 Å². The number of aromatic nitrogens is 1. The number of thioether (sulfide) groups is 1. The second-order valence-corrected chi connectivity index (χ2v) is 9.55. The number of hydrogen-bond donors (Lipinski definition) is 0. The zero-order valence-corrected chi connectivity index (χ0v) is 15.4. The Kier molecular flexibility index (Phi) is 4.01. The smallest absolute Gasteiger partial charge is 0.345 e. The molecule has 0 spiro atoms. The summed E-state index contributed by atoms with van der Waals surface area (Å²) in [5, 5.41) is 4.06. The van der Waals surface area contributed by atoms with Gasteiger partial charge in [0.05, 0.1) is 16.3 Å². The van der Waals surface area contributed by atoms with Crippen LogP contribution in [0.15, 0.2) is 44.9 Å². The summed E-state index contributed by atoms with van der Waals surface area (Å²) in [6.45, 7) is 4.60. The molecule has 0 N–H and O–H groups in total. The molecule has 1 atom stereocenters. The Hall–Kier alpha value is -1.59. The predicted molar refractivity (Wildman–Crippen MR) is 102 cm³/mol. The van der Waals surface area contributed by atoms with E-state index < -0.39 is 0 Å². The Labute approximate surface area is 149 Å². The van der Waals surface area contributed by atoms with Gasteiger partial charge in [-0.1, -0.05) is 32.0 Å². The van der Waals surface area contributed by atoms with Crippen LogP contribution in [0, 0.1) is 0 Å². The Bertz CT molecular complexity index is 942. The normalized spacial score (nSPS) is 20.3. The van der Waals surface area contributed by atoms with Crippen LogP contribution in [0.4, 0.5) is 0 Å². The van der Waals surface area contributed by atoms with Crippen LogP contribution >= 0.6 is 23.1 Å². The van der Waals surface area contributed by atoms with E-state index in [0.717, 1.165) is 28.9 Å². The van der Waals surface area contributed by atoms with Gasteiger partial charge < -0.3 is 4.42 Å². The average molecular weight is 358 g/mol. The molecule has 3 aromatic rings. The van der Waals surface area contributed by atoms with E-state index in [9.17, 15) is 4.79 Å². The van der Waals surface area contributed by atoms with E-state index in [-0.39, 0.29) is 5.63 Å². The van der Waals surface area contributed by atoms with Gasteiger partial charge >= 0.3 is 5.63 Å². The standard InChI is InChI=1S/C19H19NO2S2/c1-19(2)10-13(7-8-24-19)17-20-15(11-23-17)14-9-12-5-3-4-6-16(12)22-18(14)21/h3-6,9,11,13H,7-8,10H2,1-2H3. The van der Waals surface area contributed by atoms with E-state index in [1.807, 2.05) is 47.5 Å². The molecule has 1 unspecified atom stereocenters. The molecule has 0 radical (unpaired) electrons. The van der Waals surface area contributed by atoms with Gasteiger partial charge in [0.25, 0.3) is 0 Å². The lowest BCUT2D eigenvalue weighted by Crippen LogP contribution is -2.25. The van der Waals surface area contributed by atoms with Gasteiger partial charge in [0.2, 0.25) is 0 Å². The summed E-state index contributed by atoms with van der Waals surface area (Å²) in [6.07, 6.45) is 2.30.